The Labute approximate surface area is 132 Å². The van der Waals surface area contributed by atoms with Crippen molar-refractivity contribution < 1.29 is 31.1 Å². The lowest BCUT2D eigenvalue weighted by molar-refractivity contribution is -0.274. The normalized spacial score (nSPS) is 12.0. The molecule has 23 heavy (non-hydrogen) atoms. The number of hydrogen-bond acceptors (Lipinski definition) is 4. The van der Waals surface area contributed by atoms with Gasteiger partial charge in [-0.3, -0.25) is 4.79 Å². The van der Waals surface area contributed by atoms with Gasteiger partial charge in [0.25, 0.3) is 0 Å². The van der Waals surface area contributed by atoms with Crippen LogP contribution in [0.15, 0.2) is 29.2 Å². The van der Waals surface area contributed by atoms with E-state index in [1.807, 2.05) is 0 Å². The van der Waals surface area contributed by atoms with Crippen LogP contribution in [0.5, 0.6) is 5.75 Å². The molecule has 1 aromatic rings. The lowest BCUT2D eigenvalue weighted by Crippen LogP contribution is -2.39. The summed E-state index contributed by atoms with van der Waals surface area (Å²) in [5, 5.41) is 0. The summed E-state index contributed by atoms with van der Waals surface area (Å²) in [5.41, 5.74) is 0. The minimum Gasteiger partial charge on any atom is -0.406 e. The number of sulfonamides is 1. The molecule has 0 radical (unpaired) electrons. The van der Waals surface area contributed by atoms with Crippen molar-refractivity contribution in [3.8, 4) is 5.75 Å². The molecule has 0 aliphatic heterocycles. The van der Waals surface area contributed by atoms with Gasteiger partial charge in [0, 0.05) is 13.1 Å². The smallest absolute Gasteiger partial charge is 0.406 e. The van der Waals surface area contributed by atoms with E-state index in [0.717, 1.165) is 24.3 Å². The summed E-state index contributed by atoms with van der Waals surface area (Å²) < 4.78 is 65.8. The maximum atomic E-state index is 12.0. The Kier molecular flexibility index (Phi) is 6.39. The Balaban J connectivity index is 2.75. The zero-order chi connectivity index (χ0) is 17.7. The highest BCUT2D eigenvalue weighted by Gasteiger charge is 2.31. The molecule has 130 valence electrons. The van der Waals surface area contributed by atoms with E-state index in [1.54, 1.807) is 13.8 Å². The highest BCUT2D eigenvalue weighted by atomic mass is 32.2. The van der Waals surface area contributed by atoms with E-state index in [2.05, 4.69) is 9.46 Å². The van der Waals surface area contributed by atoms with E-state index in [0.29, 0.717) is 13.1 Å². The molecule has 0 aliphatic carbocycles. The molecule has 0 bridgehead atoms. The van der Waals surface area contributed by atoms with Crippen LogP contribution in [0, 0.1) is 0 Å². The number of alkyl halides is 3. The number of likely N-dealkylation sites (N-methyl/N-ethyl adjacent to an activating group) is 1. The number of halogens is 3. The Morgan fingerprint density at radius 1 is 1.17 bits per heavy atom. The number of rotatable bonds is 7. The predicted octanol–water partition coefficient (Wildman–Crippen LogP) is 1.73. The van der Waals surface area contributed by atoms with Crippen molar-refractivity contribution in [1.82, 2.24) is 9.62 Å². The molecule has 0 unspecified atom stereocenters. The fraction of sp³-hybridized carbons (Fsp3) is 0.462. The van der Waals surface area contributed by atoms with Crippen molar-refractivity contribution in [2.24, 2.45) is 0 Å². The van der Waals surface area contributed by atoms with Gasteiger partial charge >= 0.3 is 6.36 Å². The second-order valence-electron chi connectivity index (χ2n) is 4.41. The van der Waals surface area contributed by atoms with Crippen LogP contribution in [-0.2, 0) is 14.8 Å². The highest BCUT2D eigenvalue weighted by Crippen LogP contribution is 2.23. The average molecular weight is 354 g/mol. The van der Waals surface area contributed by atoms with Crippen molar-refractivity contribution in [2.45, 2.75) is 25.1 Å². The first-order valence-electron chi connectivity index (χ1n) is 6.72. The van der Waals surface area contributed by atoms with Gasteiger partial charge in [-0.2, -0.15) is 0 Å². The molecule has 0 saturated heterocycles. The van der Waals surface area contributed by atoms with E-state index in [-0.39, 0.29) is 4.90 Å². The van der Waals surface area contributed by atoms with Crippen molar-refractivity contribution in [3.63, 3.8) is 0 Å². The second-order valence-corrected chi connectivity index (χ2v) is 6.18. The molecule has 10 heteroatoms. The zero-order valence-electron chi connectivity index (χ0n) is 12.6. The minimum atomic E-state index is -4.85. The van der Waals surface area contributed by atoms with Crippen LogP contribution in [0.3, 0.4) is 0 Å². The van der Waals surface area contributed by atoms with Crippen LogP contribution >= 0.6 is 0 Å². The van der Waals surface area contributed by atoms with Gasteiger partial charge in [0.1, 0.15) is 5.75 Å². The molecule has 0 aromatic heterocycles. The van der Waals surface area contributed by atoms with E-state index >= 15 is 0 Å². The number of carbonyl (C=O) groups excluding carboxylic acids is 1. The molecule has 0 atom stereocenters. The Morgan fingerprint density at radius 2 is 1.70 bits per heavy atom. The molecule has 1 amide bonds. The molecular weight excluding hydrogens is 337 g/mol. The van der Waals surface area contributed by atoms with Crippen LogP contribution < -0.4 is 9.46 Å². The van der Waals surface area contributed by atoms with Crippen LogP contribution in [0.1, 0.15) is 13.8 Å². The number of nitrogens with one attached hydrogen (secondary N) is 1. The highest BCUT2D eigenvalue weighted by molar-refractivity contribution is 7.89. The average Bonchev–Trinajstić information content (AvgIpc) is 2.45. The van der Waals surface area contributed by atoms with Crippen molar-refractivity contribution in [3.05, 3.63) is 24.3 Å². The summed E-state index contributed by atoms with van der Waals surface area (Å²) in [7, 11) is -4.00. The number of nitrogens with zero attached hydrogens (tertiary/aromatic N) is 1. The molecule has 0 heterocycles. The van der Waals surface area contributed by atoms with Crippen LogP contribution in [0.2, 0.25) is 0 Å². The van der Waals surface area contributed by atoms with E-state index in [9.17, 15) is 26.4 Å². The topological polar surface area (TPSA) is 75.7 Å². The first kappa shape index (κ1) is 19.2. The first-order valence-corrected chi connectivity index (χ1v) is 8.20. The Hall–Kier alpha value is -1.81. The summed E-state index contributed by atoms with van der Waals surface area (Å²) in [6.07, 6.45) is -4.85. The summed E-state index contributed by atoms with van der Waals surface area (Å²) in [4.78, 5) is 12.9. The maximum Gasteiger partial charge on any atom is 0.573 e. The second kappa shape index (κ2) is 7.64. The lowest BCUT2D eigenvalue weighted by atomic mass is 10.3. The monoisotopic (exact) mass is 354 g/mol. The summed E-state index contributed by atoms with van der Waals surface area (Å²) in [6.45, 7) is 3.98. The maximum absolute atomic E-state index is 12.0. The summed E-state index contributed by atoms with van der Waals surface area (Å²) in [5.74, 6) is -0.925. The van der Waals surface area contributed by atoms with Crippen molar-refractivity contribution in [1.29, 1.82) is 0 Å². The predicted molar refractivity (Wildman–Crippen MR) is 76.2 cm³/mol. The van der Waals surface area contributed by atoms with E-state index in [4.69, 9.17) is 0 Å². The third-order valence-corrected chi connectivity index (χ3v) is 4.31. The Bertz CT molecular complexity index is 626. The molecule has 0 spiro atoms. The van der Waals surface area contributed by atoms with Crippen LogP contribution in [0.4, 0.5) is 13.2 Å². The van der Waals surface area contributed by atoms with Gasteiger partial charge in [0.2, 0.25) is 15.9 Å². The number of ether oxygens (including phenoxy) is 1. The summed E-state index contributed by atoms with van der Waals surface area (Å²) in [6, 6.07) is 3.69. The molecular formula is C13H17F3N2O4S. The van der Waals surface area contributed by atoms with Crippen molar-refractivity contribution in [2.75, 3.05) is 19.6 Å². The third-order valence-electron chi connectivity index (χ3n) is 2.90. The van der Waals surface area contributed by atoms with Crippen LogP contribution in [-0.4, -0.2) is 45.2 Å². The number of amides is 1. The third kappa shape index (κ3) is 6.06. The van der Waals surface area contributed by atoms with Gasteiger partial charge in [-0.1, -0.05) is 0 Å². The van der Waals surface area contributed by atoms with Crippen molar-refractivity contribution >= 4 is 15.9 Å². The van der Waals surface area contributed by atoms with Crippen LogP contribution in [0.25, 0.3) is 0 Å². The van der Waals surface area contributed by atoms with Gasteiger partial charge in [0.05, 0.1) is 11.4 Å². The number of carbonyl (C=O) groups is 1. The van der Waals surface area contributed by atoms with E-state index < -0.39 is 34.6 Å². The molecule has 0 saturated carbocycles. The zero-order valence-corrected chi connectivity index (χ0v) is 13.4. The SMILES string of the molecule is CCN(CC)C(=O)CNS(=O)(=O)c1ccc(OC(F)(F)F)cc1. The number of hydrogen-bond donors (Lipinski definition) is 1. The van der Waals surface area contributed by atoms with Gasteiger partial charge in [-0.15, -0.1) is 13.2 Å². The van der Waals surface area contributed by atoms with Gasteiger partial charge in [-0.05, 0) is 38.1 Å². The fourth-order valence-electron chi connectivity index (χ4n) is 1.75. The quantitative estimate of drug-likeness (QED) is 0.809. The van der Waals surface area contributed by atoms with Gasteiger partial charge in [-0.25, -0.2) is 13.1 Å². The summed E-state index contributed by atoms with van der Waals surface area (Å²) >= 11 is 0. The minimum absolute atomic E-state index is 0.264. The van der Waals surface area contributed by atoms with E-state index in [1.165, 1.54) is 4.90 Å². The molecule has 6 nitrogen and oxygen atoms in total. The fourth-order valence-corrected chi connectivity index (χ4v) is 2.72. The molecule has 0 aliphatic rings. The Morgan fingerprint density at radius 3 is 2.13 bits per heavy atom. The molecule has 1 rings (SSSR count). The molecule has 0 fully saturated rings. The van der Waals surface area contributed by atoms with Gasteiger partial charge < -0.3 is 9.64 Å². The van der Waals surface area contributed by atoms with Gasteiger partial charge in [0.15, 0.2) is 0 Å². The molecule has 1 aromatic carbocycles. The standard InChI is InChI=1S/C13H17F3N2O4S/c1-3-18(4-2)12(19)9-17-23(20,21)11-7-5-10(6-8-11)22-13(14,15)16/h5-8,17H,3-4,9H2,1-2H3. The number of benzene rings is 1. The first-order chi connectivity index (χ1) is 10.6. The molecule has 1 N–H and O–H groups in total. The lowest BCUT2D eigenvalue weighted by Gasteiger charge is -2.18. The largest absolute Gasteiger partial charge is 0.573 e.